The second-order valence-electron chi connectivity index (χ2n) is 7.25. The average Bonchev–Trinajstić information content (AvgIpc) is 2.57. The minimum Gasteiger partial charge on any atom is -0.444 e. The summed E-state index contributed by atoms with van der Waals surface area (Å²) in [5, 5.41) is 4.24. The SMILES string of the molecule is CC(C)(C)OC(=O)NCCCN1C(=O)c2cccc3cccc(c23)C1=O. The van der Waals surface area contributed by atoms with Crippen LogP contribution in [0.2, 0.25) is 0 Å². The second kappa shape index (κ2) is 6.78. The van der Waals surface area contributed by atoms with Crippen LogP contribution in [-0.4, -0.2) is 41.5 Å². The molecular weight excluding hydrogens is 332 g/mol. The predicted molar refractivity (Wildman–Crippen MR) is 98.2 cm³/mol. The Morgan fingerprint density at radius 2 is 1.62 bits per heavy atom. The van der Waals surface area contributed by atoms with Gasteiger partial charge in [0.05, 0.1) is 0 Å². The van der Waals surface area contributed by atoms with Gasteiger partial charge in [-0.25, -0.2) is 4.79 Å². The summed E-state index contributed by atoms with van der Waals surface area (Å²) in [6.45, 7) is 5.91. The van der Waals surface area contributed by atoms with Crippen molar-refractivity contribution in [3.05, 3.63) is 47.5 Å². The maximum Gasteiger partial charge on any atom is 0.407 e. The minimum atomic E-state index is -0.564. The molecule has 0 aromatic heterocycles. The molecule has 0 unspecified atom stereocenters. The van der Waals surface area contributed by atoms with E-state index in [1.807, 2.05) is 24.3 Å². The Morgan fingerprint density at radius 3 is 2.15 bits per heavy atom. The summed E-state index contributed by atoms with van der Waals surface area (Å²) in [7, 11) is 0. The number of alkyl carbamates (subject to hydrolysis) is 1. The highest BCUT2D eigenvalue weighted by Crippen LogP contribution is 2.29. The van der Waals surface area contributed by atoms with E-state index in [9.17, 15) is 14.4 Å². The summed E-state index contributed by atoms with van der Waals surface area (Å²) in [6.07, 6.45) is -0.0570. The van der Waals surface area contributed by atoms with Crippen LogP contribution in [0.15, 0.2) is 36.4 Å². The molecule has 1 heterocycles. The summed E-state index contributed by atoms with van der Waals surface area (Å²) in [6, 6.07) is 10.9. The van der Waals surface area contributed by atoms with Crippen LogP contribution in [0, 0.1) is 0 Å². The smallest absolute Gasteiger partial charge is 0.407 e. The van der Waals surface area contributed by atoms with E-state index < -0.39 is 11.7 Å². The quantitative estimate of drug-likeness (QED) is 0.675. The first kappa shape index (κ1) is 17.9. The molecule has 0 spiro atoms. The van der Waals surface area contributed by atoms with Crippen molar-refractivity contribution in [3.63, 3.8) is 0 Å². The van der Waals surface area contributed by atoms with E-state index in [1.54, 1.807) is 32.9 Å². The van der Waals surface area contributed by atoms with Gasteiger partial charge < -0.3 is 10.1 Å². The summed E-state index contributed by atoms with van der Waals surface area (Å²) in [5.41, 5.74) is 0.515. The van der Waals surface area contributed by atoms with Gasteiger partial charge >= 0.3 is 6.09 Å². The zero-order valence-electron chi connectivity index (χ0n) is 15.2. The van der Waals surface area contributed by atoms with Crippen molar-refractivity contribution in [2.45, 2.75) is 32.8 Å². The largest absolute Gasteiger partial charge is 0.444 e. The molecular formula is C20H22N2O4. The summed E-state index contributed by atoms with van der Waals surface area (Å²) in [5.74, 6) is -0.590. The molecule has 6 heteroatoms. The highest BCUT2D eigenvalue weighted by molar-refractivity contribution is 6.25. The van der Waals surface area contributed by atoms with Crippen molar-refractivity contribution in [1.29, 1.82) is 0 Å². The topological polar surface area (TPSA) is 75.7 Å². The number of hydrogen-bond acceptors (Lipinski definition) is 4. The Balaban J connectivity index is 1.66. The highest BCUT2D eigenvalue weighted by Gasteiger charge is 2.32. The van der Waals surface area contributed by atoms with Crippen molar-refractivity contribution in [3.8, 4) is 0 Å². The van der Waals surface area contributed by atoms with Crippen LogP contribution in [0.3, 0.4) is 0 Å². The van der Waals surface area contributed by atoms with E-state index in [-0.39, 0.29) is 18.4 Å². The number of carbonyl (C=O) groups excluding carboxylic acids is 3. The summed E-state index contributed by atoms with van der Waals surface area (Å²) in [4.78, 5) is 38.3. The van der Waals surface area contributed by atoms with Crippen molar-refractivity contribution in [2.75, 3.05) is 13.1 Å². The highest BCUT2D eigenvalue weighted by atomic mass is 16.6. The summed E-state index contributed by atoms with van der Waals surface area (Å²) < 4.78 is 5.16. The monoisotopic (exact) mass is 354 g/mol. The van der Waals surface area contributed by atoms with Crippen molar-refractivity contribution < 1.29 is 19.1 Å². The van der Waals surface area contributed by atoms with Crippen LogP contribution in [0.1, 0.15) is 47.9 Å². The minimum absolute atomic E-state index is 0.234. The third-order valence-electron chi connectivity index (χ3n) is 4.08. The van der Waals surface area contributed by atoms with Crippen molar-refractivity contribution >= 4 is 28.7 Å². The van der Waals surface area contributed by atoms with Crippen LogP contribution in [0.5, 0.6) is 0 Å². The number of benzene rings is 2. The third kappa shape index (κ3) is 3.54. The number of nitrogens with one attached hydrogen (secondary N) is 1. The molecule has 3 amide bonds. The Morgan fingerprint density at radius 1 is 1.04 bits per heavy atom. The van der Waals surface area contributed by atoms with Gasteiger partial charge in [-0.05, 0) is 44.7 Å². The number of hydrogen-bond donors (Lipinski definition) is 1. The van der Waals surface area contributed by atoms with E-state index in [2.05, 4.69) is 5.32 Å². The van der Waals surface area contributed by atoms with Gasteiger partial charge in [0.2, 0.25) is 0 Å². The number of ether oxygens (including phenoxy) is 1. The first-order valence-corrected chi connectivity index (χ1v) is 8.63. The van der Waals surface area contributed by atoms with E-state index in [0.717, 1.165) is 5.39 Å². The van der Waals surface area contributed by atoms with Gasteiger partial charge in [0, 0.05) is 29.6 Å². The molecule has 6 nitrogen and oxygen atoms in total. The van der Waals surface area contributed by atoms with Crippen LogP contribution in [0.25, 0.3) is 10.8 Å². The molecule has 3 rings (SSSR count). The van der Waals surface area contributed by atoms with Gasteiger partial charge in [-0.15, -0.1) is 0 Å². The molecule has 0 fully saturated rings. The lowest BCUT2D eigenvalue weighted by atomic mass is 9.94. The molecule has 0 radical (unpaired) electrons. The molecule has 2 aromatic carbocycles. The Kier molecular flexibility index (Phi) is 4.68. The number of nitrogens with zero attached hydrogens (tertiary/aromatic N) is 1. The van der Waals surface area contributed by atoms with Gasteiger partial charge in [0.15, 0.2) is 0 Å². The summed E-state index contributed by atoms with van der Waals surface area (Å²) >= 11 is 0. The van der Waals surface area contributed by atoms with Gasteiger partial charge in [-0.2, -0.15) is 0 Å². The Bertz CT molecular complexity index is 832. The maximum absolute atomic E-state index is 12.7. The molecule has 2 aromatic rings. The Hall–Kier alpha value is -2.89. The molecule has 1 N–H and O–H groups in total. The standard InChI is InChI=1S/C20H22N2O4/c1-20(2,3)26-19(25)21-11-6-12-22-17(23)14-9-4-7-13-8-5-10-15(16(13)14)18(22)24/h4-5,7-10H,6,11-12H2,1-3H3,(H,21,25). The Labute approximate surface area is 152 Å². The van der Waals surface area contributed by atoms with E-state index in [0.29, 0.717) is 29.5 Å². The number of rotatable bonds is 4. The van der Waals surface area contributed by atoms with E-state index in [1.165, 1.54) is 4.90 Å². The lowest BCUT2D eigenvalue weighted by Gasteiger charge is -2.27. The molecule has 0 bridgehead atoms. The zero-order valence-corrected chi connectivity index (χ0v) is 15.2. The fourth-order valence-corrected chi connectivity index (χ4v) is 3.03. The second-order valence-corrected chi connectivity index (χ2v) is 7.25. The van der Waals surface area contributed by atoms with Crippen LogP contribution in [0.4, 0.5) is 4.79 Å². The van der Waals surface area contributed by atoms with Gasteiger partial charge in [0.1, 0.15) is 5.60 Å². The van der Waals surface area contributed by atoms with Gasteiger partial charge in [-0.3, -0.25) is 14.5 Å². The predicted octanol–water partition coefficient (Wildman–Crippen LogP) is 3.35. The first-order chi connectivity index (χ1) is 12.3. The zero-order chi connectivity index (χ0) is 18.9. The maximum atomic E-state index is 12.7. The average molecular weight is 354 g/mol. The van der Waals surface area contributed by atoms with Crippen molar-refractivity contribution in [1.82, 2.24) is 10.2 Å². The van der Waals surface area contributed by atoms with E-state index >= 15 is 0 Å². The number of imide groups is 1. The molecule has 0 saturated carbocycles. The van der Waals surface area contributed by atoms with Gasteiger partial charge in [0.25, 0.3) is 11.8 Å². The van der Waals surface area contributed by atoms with Crippen LogP contribution in [-0.2, 0) is 4.74 Å². The van der Waals surface area contributed by atoms with Crippen molar-refractivity contribution in [2.24, 2.45) is 0 Å². The number of amides is 3. The molecule has 136 valence electrons. The van der Waals surface area contributed by atoms with Crippen LogP contribution < -0.4 is 5.32 Å². The molecule has 1 aliphatic rings. The third-order valence-corrected chi connectivity index (χ3v) is 4.08. The molecule has 1 aliphatic heterocycles. The fraction of sp³-hybridized carbons (Fsp3) is 0.350. The molecule has 0 saturated heterocycles. The van der Waals surface area contributed by atoms with E-state index in [4.69, 9.17) is 4.74 Å². The first-order valence-electron chi connectivity index (χ1n) is 8.63. The number of carbonyl (C=O) groups is 3. The molecule has 0 atom stereocenters. The van der Waals surface area contributed by atoms with Crippen LogP contribution >= 0.6 is 0 Å². The lowest BCUT2D eigenvalue weighted by Crippen LogP contribution is -2.42. The fourth-order valence-electron chi connectivity index (χ4n) is 3.03. The molecule has 0 aliphatic carbocycles. The molecule has 26 heavy (non-hydrogen) atoms. The lowest BCUT2D eigenvalue weighted by molar-refractivity contribution is 0.0525. The normalized spacial score (nSPS) is 13.9. The van der Waals surface area contributed by atoms with Gasteiger partial charge in [-0.1, -0.05) is 24.3 Å².